The van der Waals surface area contributed by atoms with Gasteiger partial charge in [-0.25, -0.2) is 4.79 Å². The highest BCUT2D eigenvalue weighted by Crippen LogP contribution is 2.20. The molecule has 0 aliphatic carbocycles. The van der Waals surface area contributed by atoms with Crippen LogP contribution in [0.5, 0.6) is 0 Å². The van der Waals surface area contributed by atoms with E-state index in [1.165, 1.54) is 32.4 Å². The van der Waals surface area contributed by atoms with E-state index in [9.17, 15) is 4.79 Å². The number of carbonyl (C=O) groups is 1. The molecule has 5 heteroatoms. The molecule has 0 atom stereocenters. The monoisotopic (exact) mass is 311 g/mol. The molecule has 2 heterocycles. The van der Waals surface area contributed by atoms with Crippen LogP contribution in [0.1, 0.15) is 51.9 Å². The lowest BCUT2D eigenvalue weighted by Crippen LogP contribution is -2.49. The summed E-state index contributed by atoms with van der Waals surface area (Å²) in [7, 11) is 0. The van der Waals surface area contributed by atoms with E-state index in [2.05, 4.69) is 17.1 Å². The first-order valence-corrected chi connectivity index (χ1v) is 9.16. The summed E-state index contributed by atoms with van der Waals surface area (Å²) in [5, 5.41) is 3.02. The van der Waals surface area contributed by atoms with Gasteiger partial charge in [-0.3, -0.25) is 0 Å². The van der Waals surface area contributed by atoms with Crippen molar-refractivity contribution in [2.45, 2.75) is 57.9 Å². The Balaban J connectivity index is 1.51. The maximum atomic E-state index is 12.1. The van der Waals surface area contributed by atoms with Crippen molar-refractivity contribution in [2.24, 2.45) is 0 Å². The highest BCUT2D eigenvalue weighted by atomic mass is 16.5. The van der Waals surface area contributed by atoms with Gasteiger partial charge >= 0.3 is 6.03 Å². The standard InChI is InChI=1S/C17H33N3O2/c1-2-3-14-22-15-6-9-18-17(21)20-12-7-16(8-13-20)19-10-4-5-11-19/h16H,2-15H2,1H3,(H,18,21). The van der Waals surface area contributed by atoms with E-state index >= 15 is 0 Å². The summed E-state index contributed by atoms with van der Waals surface area (Å²) in [4.78, 5) is 16.7. The van der Waals surface area contributed by atoms with Crippen LogP contribution in [-0.2, 0) is 4.74 Å². The molecule has 22 heavy (non-hydrogen) atoms. The van der Waals surface area contributed by atoms with E-state index in [0.29, 0.717) is 6.04 Å². The van der Waals surface area contributed by atoms with Gasteiger partial charge in [-0.2, -0.15) is 0 Å². The molecular weight excluding hydrogens is 278 g/mol. The van der Waals surface area contributed by atoms with Crippen molar-refractivity contribution < 1.29 is 9.53 Å². The summed E-state index contributed by atoms with van der Waals surface area (Å²) < 4.78 is 5.50. The van der Waals surface area contributed by atoms with Crippen molar-refractivity contribution in [3.05, 3.63) is 0 Å². The van der Waals surface area contributed by atoms with Crippen LogP contribution in [0, 0.1) is 0 Å². The molecule has 0 aromatic carbocycles. The molecular formula is C17H33N3O2. The van der Waals surface area contributed by atoms with Crippen molar-refractivity contribution in [3.8, 4) is 0 Å². The van der Waals surface area contributed by atoms with Crippen LogP contribution in [-0.4, -0.2) is 67.8 Å². The van der Waals surface area contributed by atoms with Crippen molar-refractivity contribution in [1.82, 2.24) is 15.1 Å². The number of unbranched alkanes of at least 4 members (excludes halogenated alkanes) is 1. The quantitative estimate of drug-likeness (QED) is 0.700. The molecule has 5 nitrogen and oxygen atoms in total. The first-order chi connectivity index (χ1) is 10.8. The zero-order chi connectivity index (χ0) is 15.6. The molecule has 2 amide bonds. The minimum absolute atomic E-state index is 0.105. The van der Waals surface area contributed by atoms with Gasteiger partial charge in [0.1, 0.15) is 0 Å². The van der Waals surface area contributed by atoms with Crippen LogP contribution < -0.4 is 5.32 Å². The zero-order valence-corrected chi connectivity index (χ0v) is 14.2. The molecule has 2 aliphatic heterocycles. The van der Waals surface area contributed by atoms with Crippen molar-refractivity contribution >= 4 is 6.03 Å². The molecule has 0 aromatic heterocycles. The Kier molecular flexibility index (Phi) is 8.02. The summed E-state index contributed by atoms with van der Waals surface area (Å²) >= 11 is 0. The fraction of sp³-hybridized carbons (Fsp3) is 0.941. The molecule has 2 rings (SSSR count). The molecule has 1 N–H and O–H groups in total. The average molecular weight is 311 g/mol. The lowest BCUT2D eigenvalue weighted by Gasteiger charge is -2.36. The Morgan fingerprint density at radius 1 is 1.09 bits per heavy atom. The Bertz CT molecular complexity index is 311. The Morgan fingerprint density at radius 3 is 2.45 bits per heavy atom. The van der Waals surface area contributed by atoms with E-state index in [1.807, 2.05) is 4.90 Å². The molecule has 0 spiro atoms. The van der Waals surface area contributed by atoms with Gasteiger partial charge in [0.25, 0.3) is 0 Å². The van der Waals surface area contributed by atoms with Gasteiger partial charge in [-0.05, 0) is 51.6 Å². The van der Waals surface area contributed by atoms with Crippen LogP contribution >= 0.6 is 0 Å². The normalized spacial score (nSPS) is 20.5. The van der Waals surface area contributed by atoms with Crippen LogP contribution in [0.3, 0.4) is 0 Å². The molecule has 0 saturated carbocycles. The van der Waals surface area contributed by atoms with E-state index < -0.39 is 0 Å². The van der Waals surface area contributed by atoms with E-state index in [-0.39, 0.29) is 6.03 Å². The third kappa shape index (κ3) is 5.76. The summed E-state index contributed by atoms with van der Waals surface area (Å²) in [6.45, 7) is 8.79. The van der Waals surface area contributed by atoms with Crippen molar-refractivity contribution in [1.29, 1.82) is 0 Å². The maximum absolute atomic E-state index is 12.1. The summed E-state index contributed by atoms with van der Waals surface area (Å²) in [5.41, 5.74) is 0. The number of carbonyl (C=O) groups excluding carboxylic acids is 1. The topological polar surface area (TPSA) is 44.8 Å². The number of nitrogens with zero attached hydrogens (tertiary/aromatic N) is 2. The smallest absolute Gasteiger partial charge is 0.317 e. The molecule has 2 aliphatic rings. The Labute approximate surface area is 135 Å². The predicted octanol–water partition coefficient (Wildman–Crippen LogP) is 2.46. The van der Waals surface area contributed by atoms with Gasteiger partial charge in [0, 0.05) is 38.9 Å². The average Bonchev–Trinajstić information content (AvgIpc) is 3.08. The maximum Gasteiger partial charge on any atom is 0.317 e. The lowest BCUT2D eigenvalue weighted by atomic mass is 10.0. The Hall–Kier alpha value is -0.810. The zero-order valence-electron chi connectivity index (χ0n) is 14.2. The number of ether oxygens (including phenoxy) is 1. The summed E-state index contributed by atoms with van der Waals surface area (Å²) in [5.74, 6) is 0. The molecule has 0 unspecified atom stereocenters. The first-order valence-electron chi connectivity index (χ1n) is 9.16. The molecule has 2 fully saturated rings. The van der Waals surface area contributed by atoms with Gasteiger partial charge in [0.15, 0.2) is 0 Å². The number of nitrogens with one attached hydrogen (secondary N) is 1. The molecule has 0 bridgehead atoms. The number of amides is 2. The lowest BCUT2D eigenvalue weighted by molar-refractivity contribution is 0.124. The van der Waals surface area contributed by atoms with Crippen LogP contribution in [0.15, 0.2) is 0 Å². The molecule has 128 valence electrons. The number of rotatable bonds is 8. The van der Waals surface area contributed by atoms with E-state index in [1.54, 1.807) is 0 Å². The predicted molar refractivity (Wildman–Crippen MR) is 89.1 cm³/mol. The highest BCUT2D eigenvalue weighted by Gasteiger charge is 2.27. The fourth-order valence-corrected chi connectivity index (χ4v) is 3.37. The molecule has 2 saturated heterocycles. The number of urea groups is 1. The number of likely N-dealkylation sites (tertiary alicyclic amines) is 2. The van der Waals surface area contributed by atoms with Gasteiger partial charge in [-0.1, -0.05) is 13.3 Å². The van der Waals surface area contributed by atoms with Crippen molar-refractivity contribution in [3.63, 3.8) is 0 Å². The van der Waals surface area contributed by atoms with Gasteiger partial charge in [0.05, 0.1) is 0 Å². The largest absolute Gasteiger partial charge is 0.381 e. The van der Waals surface area contributed by atoms with E-state index in [4.69, 9.17) is 4.74 Å². The Morgan fingerprint density at radius 2 is 1.77 bits per heavy atom. The van der Waals surface area contributed by atoms with Crippen molar-refractivity contribution in [2.75, 3.05) is 45.9 Å². The minimum Gasteiger partial charge on any atom is -0.381 e. The number of hydrogen-bond donors (Lipinski definition) is 1. The fourth-order valence-electron chi connectivity index (χ4n) is 3.37. The minimum atomic E-state index is 0.105. The number of hydrogen-bond acceptors (Lipinski definition) is 3. The van der Waals surface area contributed by atoms with Gasteiger partial charge in [0.2, 0.25) is 0 Å². The molecule has 0 radical (unpaired) electrons. The van der Waals surface area contributed by atoms with Gasteiger partial charge in [-0.15, -0.1) is 0 Å². The highest BCUT2D eigenvalue weighted by molar-refractivity contribution is 5.74. The third-order valence-corrected chi connectivity index (χ3v) is 4.79. The van der Waals surface area contributed by atoms with Crippen LogP contribution in [0.25, 0.3) is 0 Å². The molecule has 0 aromatic rings. The second-order valence-corrected chi connectivity index (χ2v) is 6.51. The number of piperidine rings is 1. The third-order valence-electron chi connectivity index (χ3n) is 4.79. The second kappa shape index (κ2) is 10.1. The second-order valence-electron chi connectivity index (χ2n) is 6.51. The first kappa shape index (κ1) is 17.5. The van der Waals surface area contributed by atoms with Gasteiger partial charge < -0.3 is 19.9 Å². The van der Waals surface area contributed by atoms with E-state index in [0.717, 1.165) is 58.5 Å². The SMILES string of the molecule is CCCCOCCCNC(=O)N1CCC(N2CCCC2)CC1. The summed E-state index contributed by atoms with van der Waals surface area (Å²) in [6, 6.07) is 0.812. The van der Waals surface area contributed by atoms with Crippen LogP contribution in [0.4, 0.5) is 4.79 Å². The summed E-state index contributed by atoms with van der Waals surface area (Å²) in [6.07, 6.45) is 8.16. The van der Waals surface area contributed by atoms with Crippen LogP contribution in [0.2, 0.25) is 0 Å².